The largest absolute Gasteiger partial charge is 0.465 e. The molecule has 0 unspecified atom stereocenters. The normalized spacial score (nSPS) is 19.9. The highest BCUT2D eigenvalue weighted by atomic mass is 79.9. The zero-order chi connectivity index (χ0) is 15.0. The molecule has 106 valence electrons. The van der Waals surface area contributed by atoms with Gasteiger partial charge in [-0.3, -0.25) is 0 Å². The second-order valence-electron chi connectivity index (χ2n) is 4.94. The van der Waals surface area contributed by atoms with Crippen LogP contribution in [0.25, 0.3) is 5.69 Å². The van der Waals surface area contributed by atoms with E-state index in [0.717, 1.165) is 22.3 Å². The first-order valence-electron chi connectivity index (χ1n) is 6.54. The number of ether oxygens (including phenoxy) is 1. The van der Waals surface area contributed by atoms with Crippen molar-refractivity contribution in [1.29, 1.82) is 0 Å². The Morgan fingerprint density at radius 1 is 1.57 bits per heavy atom. The number of hydrogen-bond donors (Lipinski definition) is 0. The average Bonchev–Trinajstić information content (AvgIpc) is 3.15. The number of hydrogen-bond acceptors (Lipinski definition) is 3. The fourth-order valence-corrected chi connectivity index (χ4v) is 2.86. The SMILES string of the molecule is C#C[C@@H]1C[C@@H]1c1c(C(=O)OC)cnn1-c1cccc(Br)c1. The topological polar surface area (TPSA) is 44.1 Å². The summed E-state index contributed by atoms with van der Waals surface area (Å²) in [6.07, 6.45) is 7.92. The van der Waals surface area contributed by atoms with Gasteiger partial charge < -0.3 is 4.74 Å². The Bertz CT molecular complexity index is 745. The van der Waals surface area contributed by atoms with Crippen LogP contribution in [0.2, 0.25) is 0 Å². The molecule has 5 heteroatoms. The van der Waals surface area contributed by atoms with Crippen molar-refractivity contribution in [3.05, 3.63) is 46.2 Å². The Balaban J connectivity index is 2.11. The molecule has 1 aliphatic carbocycles. The van der Waals surface area contributed by atoms with Gasteiger partial charge in [-0.1, -0.05) is 22.0 Å². The maximum Gasteiger partial charge on any atom is 0.341 e. The lowest BCUT2D eigenvalue weighted by atomic mass is 10.1. The van der Waals surface area contributed by atoms with Gasteiger partial charge in [0, 0.05) is 16.3 Å². The fourth-order valence-electron chi connectivity index (χ4n) is 2.48. The lowest BCUT2D eigenvalue weighted by Crippen LogP contribution is -2.08. The number of rotatable bonds is 3. The number of terminal acetylenes is 1. The van der Waals surface area contributed by atoms with E-state index in [1.165, 1.54) is 7.11 Å². The van der Waals surface area contributed by atoms with Crippen molar-refractivity contribution in [1.82, 2.24) is 9.78 Å². The van der Waals surface area contributed by atoms with Gasteiger partial charge in [0.25, 0.3) is 0 Å². The van der Waals surface area contributed by atoms with Crippen LogP contribution >= 0.6 is 15.9 Å². The zero-order valence-electron chi connectivity index (χ0n) is 11.4. The molecule has 0 spiro atoms. The van der Waals surface area contributed by atoms with Gasteiger partial charge >= 0.3 is 5.97 Å². The first-order chi connectivity index (χ1) is 10.2. The van der Waals surface area contributed by atoms with E-state index in [9.17, 15) is 4.79 Å². The number of benzene rings is 1. The molecule has 21 heavy (non-hydrogen) atoms. The van der Waals surface area contributed by atoms with E-state index in [2.05, 4.69) is 26.9 Å². The van der Waals surface area contributed by atoms with E-state index >= 15 is 0 Å². The Labute approximate surface area is 131 Å². The molecule has 1 aliphatic rings. The first-order valence-corrected chi connectivity index (χ1v) is 7.33. The number of halogens is 1. The summed E-state index contributed by atoms with van der Waals surface area (Å²) >= 11 is 3.45. The van der Waals surface area contributed by atoms with Gasteiger partial charge in [0.2, 0.25) is 0 Å². The number of carbonyl (C=O) groups excluding carboxylic acids is 1. The summed E-state index contributed by atoms with van der Waals surface area (Å²) in [7, 11) is 1.37. The summed E-state index contributed by atoms with van der Waals surface area (Å²) in [5.74, 6) is 2.69. The number of carbonyl (C=O) groups is 1. The van der Waals surface area contributed by atoms with Gasteiger partial charge in [0.1, 0.15) is 5.56 Å². The molecule has 1 aromatic carbocycles. The highest BCUT2D eigenvalue weighted by molar-refractivity contribution is 9.10. The first kappa shape index (κ1) is 13.9. The van der Waals surface area contributed by atoms with Gasteiger partial charge in [-0.15, -0.1) is 12.3 Å². The van der Waals surface area contributed by atoms with Crippen LogP contribution in [0.4, 0.5) is 0 Å². The molecule has 0 bridgehead atoms. The molecule has 2 aromatic rings. The van der Waals surface area contributed by atoms with Crippen LogP contribution in [-0.4, -0.2) is 22.9 Å². The molecule has 1 aromatic heterocycles. The number of methoxy groups -OCH3 is 1. The Kier molecular flexibility index (Phi) is 3.56. The minimum atomic E-state index is -0.381. The predicted octanol–water partition coefficient (Wildman–Crippen LogP) is 3.16. The molecular formula is C16H13BrN2O2. The van der Waals surface area contributed by atoms with Crippen molar-refractivity contribution in [2.75, 3.05) is 7.11 Å². The highest BCUT2D eigenvalue weighted by Gasteiger charge is 2.42. The molecule has 2 atom stereocenters. The number of aromatic nitrogens is 2. The molecule has 0 N–H and O–H groups in total. The van der Waals surface area contributed by atoms with Gasteiger partial charge in [-0.25, -0.2) is 9.48 Å². The molecule has 1 fully saturated rings. The van der Waals surface area contributed by atoms with Crippen molar-refractivity contribution in [2.24, 2.45) is 5.92 Å². The van der Waals surface area contributed by atoms with E-state index in [1.54, 1.807) is 10.9 Å². The Hall–Kier alpha value is -2.06. The van der Waals surface area contributed by atoms with E-state index < -0.39 is 0 Å². The van der Waals surface area contributed by atoms with Gasteiger partial charge in [0.05, 0.1) is 24.7 Å². The smallest absolute Gasteiger partial charge is 0.341 e. The summed E-state index contributed by atoms with van der Waals surface area (Å²) in [5, 5.41) is 4.35. The second kappa shape index (κ2) is 5.38. The summed E-state index contributed by atoms with van der Waals surface area (Å²) in [6, 6.07) is 7.75. The maximum atomic E-state index is 11.9. The average molecular weight is 345 g/mol. The lowest BCUT2D eigenvalue weighted by Gasteiger charge is -2.09. The lowest BCUT2D eigenvalue weighted by molar-refractivity contribution is 0.0599. The molecule has 3 rings (SSSR count). The van der Waals surface area contributed by atoms with Crippen molar-refractivity contribution >= 4 is 21.9 Å². The predicted molar refractivity (Wildman–Crippen MR) is 82.3 cm³/mol. The number of esters is 1. The van der Waals surface area contributed by atoms with Crippen LogP contribution in [0.3, 0.4) is 0 Å². The van der Waals surface area contributed by atoms with Crippen LogP contribution < -0.4 is 0 Å². The third kappa shape index (κ3) is 2.47. The molecule has 0 radical (unpaired) electrons. The summed E-state index contributed by atoms with van der Waals surface area (Å²) < 4.78 is 7.57. The monoisotopic (exact) mass is 344 g/mol. The Morgan fingerprint density at radius 3 is 3.00 bits per heavy atom. The Morgan fingerprint density at radius 2 is 2.38 bits per heavy atom. The van der Waals surface area contributed by atoms with E-state index in [-0.39, 0.29) is 17.8 Å². The van der Waals surface area contributed by atoms with Gasteiger partial charge in [-0.2, -0.15) is 5.10 Å². The van der Waals surface area contributed by atoms with Crippen molar-refractivity contribution in [3.8, 4) is 18.0 Å². The minimum Gasteiger partial charge on any atom is -0.465 e. The molecule has 0 saturated heterocycles. The van der Waals surface area contributed by atoms with Gasteiger partial charge in [-0.05, 0) is 24.6 Å². The van der Waals surface area contributed by atoms with Crippen LogP contribution in [-0.2, 0) is 4.74 Å². The highest BCUT2D eigenvalue weighted by Crippen LogP contribution is 2.48. The fraction of sp³-hybridized carbons (Fsp3) is 0.250. The molecule has 0 amide bonds. The van der Waals surface area contributed by atoms with Gasteiger partial charge in [0.15, 0.2) is 0 Å². The van der Waals surface area contributed by atoms with E-state index in [0.29, 0.717) is 5.56 Å². The van der Waals surface area contributed by atoms with Crippen LogP contribution in [0.15, 0.2) is 34.9 Å². The third-order valence-electron chi connectivity index (χ3n) is 3.62. The standard InChI is InChI=1S/C16H13BrN2O2/c1-3-10-7-13(10)15-14(16(20)21-2)9-18-19(15)12-6-4-5-11(17)8-12/h1,4-6,8-10,13H,7H2,2H3/t10-,13+/m1/s1. The van der Waals surface area contributed by atoms with E-state index in [1.807, 2.05) is 24.3 Å². The summed E-state index contributed by atoms with van der Waals surface area (Å²) in [5.41, 5.74) is 2.21. The molecular weight excluding hydrogens is 332 g/mol. The summed E-state index contributed by atoms with van der Waals surface area (Å²) in [4.78, 5) is 11.9. The van der Waals surface area contributed by atoms with Crippen LogP contribution in [0, 0.1) is 18.3 Å². The maximum absolute atomic E-state index is 11.9. The molecule has 4 nitrogen and oxygen atoms in total. The summed E-state index contributed by atoms with van der Waals surface area (Å²) in [6.45, 7) is 0. The zero-order valence-corrected chi connectivity index (χ0v) is 13.0. The van der Waals surface area contributed by atoms with Crippen molar-refractivity contribution in [2.45, 2.75) is 12.3 Å². The quantitative estimate of drug-likeness (QED) is 0.634. The minimum absolute atomic E-state index is 0.158. The van der Waals surface area contributed by atoms with Crippen molar-refractivity contribution < 1.29 is 9.53 Å². The van der Waals surface area contributed by atoms with Crippen LogP contribution in [0.5, 0.6) is 0 Å². The molecule has 0 aliphatic heterocycles. The van der Waals surface area contributed by atoms with Crippen molar-refractivity contribution in [3.63, 3.8) is 0 Å². The second-order valence-corrected chi connectivity index (χ2v) is 5.86. The molecule has 1 heterocycles. The third-order valence-corrected chi connectivity index (χ3v) is 4.11. The number of nitrogens with zero attached hydrogens (tertiary/aromatic N) is 2. The molecule has 1 saturated carbocycles. The van der Waals surface area contributed by atoms with Crippen LogP contribution in [0.1, 0.15) is 28.4 Å². The van der Waals surface area contributed by atoms with E-state index in [4.69, 9.17) is 11.2 Å².